The topological polar surface area (TPSA) is 70.0 Å². The quantitative estimate of drug-likeness (QED) is 0.682. The Bertz CT molecular complexity index is 501. The van der Waals surface area contributed by atoms with E-state index in [4.69, 9.17) is 5.73 Å². The van der Waals surface area contributed by atoms with Gasteiger partial charge in [-0.1, -0.05) is 19.9 Å². The van der Waals surface area contributed by atoms with Crippen molar-refractivity contribution in [2.75, 3.05) is 37.2 Å². The van der Waals surface area contributed by atoms with E-state index in [1.165, 1.54) is 0 Å². The summed E-state index contributed by atoms with van der Waals surface area (Å²) in [4.78, 5) is 10.0. The van der Waals surface area contributed by atoms with Crippen molar-refractivity contribution >= 4 is 22.7 Å². The summed E-state index contributed by atoms with van der Waals surface area (Å²) >= 11 is 0. The molecule has 1 aromatic carbocycles. The van der Waals surface area contributed by atoms with Gasteiger partial charge in [0.05, 0.1) is 11.2 Å². The van der Waals surface area contributed by atoms with Crippen molar-refractivity contribution in [3.63, 3.8) is 0 Å². The summed E-state index contributed by atoms with van der Waals surface area (Å²) in [5, 5.41) is 3.30. The number of rotatable bonds is 6. The van der Waals surface area contributed by atoms with E-state index in [1.807, 2.05) is 18.2 Å². The third-order valence-corrected chi connectivity index (χ3v) is 3.16. The summed E-state index contributed by atoms with van der Waals surface area (Å²) in [6, 6.07) is 5.77. The van der Waals surface area contributed by atoms with Crippen LogP contribution in [0.15, 0.2) is 18.2 Å². The smallest absolute Gasteiger partial charge is 0.201 e. The van der Waals surface area contributed by atoms with Crippen LogP contribution in [-0.4, -0.2) is 41.0 Å². The fourth-order valence-electron chi connectivity index (χ4n) is 2.01. The minimum absolute atomic E-state index is 0.709. The molecule has 0 amide bonds. The molecule has 2 rings (SSSR count). The molecule has 5 heteroatoms. The van der Waals surface area contributed by atoms with Gasteiger partial charge in [0.2, 0.25) is 5.95 Å². The Morgan fingerprint density at radius 2 is 2.11 bits per heavy atom. The first-order valence-corrected chi connectivity index (χ1v) is 6.45. The summed E-state index contributed by atoms with van der Waals surface area (Å²) in [7, 11) is 0. The average molecular weight is 247 g/mol. The van der Waals surface area contributed by atoms with Crippen LogP contribution in [0.4, 0.5) is 11.6 Å². The van der Waals surface area contributed by atoms with Crippen molar-refractivity contribution in [1.29, 1.82) is 0 Å². The zero-order chi connectivity index (χ0) is 13.0. The fraction of sp³-hybridized carbons (Fsp3) is 0.462. The van der Waals surface area contributed by atoms with Gasteiger partial charge in [-0.3, -0.25) is 0 Å². The van der Waals surface area contributed by atoms with Crippen molar-refractivity contribution in [2.24, 2.45) is 0 Å². The number of likely N-dealkylation sites (N-methyl/N-ethyl adjacent to an activating group) is 1. The van der Waals surface area contributed by atoms with Crippen LogP contribution in [0.5, 0.6) is 0 Å². The van der Waals surface area contributed by atoms with E-state index in [9.17, 15) is 0 Å². The molecule has 0 saturated carbocycles. The van der Waals surface area contributed by atoms with E-state index in [2.05, 4.69) is 34.0 Å². The van der Waals surface area contributed by atoms with Crippen molar-refractivity contribution in [3.05, 3.63) is 18.2 Å². The zero-order valence-electron chi connectivity index (χ0n) is 11.0. The minimum atomic E-state index is 0.709. The number of nitrogens with two attached hydrogens (primary N) is 1. The molecule has 0 aliphatic carbocycles. The fourth-order valence-corrected chi connectivity index (χ4v) is 2.01. The van der Waals surface area contributed by atoms with Crippen LogP contribution in [-0.2, 0) is 0 Å². The highest BCUT2D eigenvalue weighted by molar-refractivity contribution is 5.88. The van der Waals surface area contributed by atoms with Gasteiger partial charge in [0.15, 0.2) is 0 Å². The van der Waals surface area contributed by atoms with Gasteiger partial charge in [-0.05, 0) is 25.2 Å². The second kappa shape index (κ2) is 5.73. The van der Waals surface area contributed by atoms with Gasteiger partial charge in [-0.15, -0.1) is 0 Å². The zero-order valence-corrected chi connectivity index (χ0v) is 11.0. The monoisotopic (exact) mass is 247 g/mol. The maximum atomic E-state index is 5.87. The molecule has 18 heavy (non-hydrogen) atoms. The maximum absolute atomic E-state index is 5.87. The van der Waals surface area contributed by atoms with E-state index in [0.29, 0.717) is 5.69 Å². The van der Waals surface area contributed by atoms with E-state index in [1.54, 1.807) is 0 Å². The number of anilines is 2. The summed E-state index contributed by atoms with van der Waals surface area (Å²) in [6.07, 6.45) is 0. The van der Waals surface area contributed by atoms with Crippen molar-refractivity contribution in [1.82, 2.24) is 14.9 Å². The number of nitrogen functional groups attached to an aromatic ring is 1. The molecule has 0 bridgehead atoms. The van der Waals surface area contributed by atoms with Gasteiger partial charge in [0.1, 0.15) is 5.52 Å². The molecule has 0 spiro atoms. The summed E-state index contributed by atoms with van der Waals surface area (Å²) in [6.45, 7) is 8.38. The Kier molecular flexibility index (Phi) is 4.04. The highest BCUT2D eigenvalue weighted by atomic mass is 15.2. The van der Waals surface area contributed by atoms with E-state index >= 15 is 0 Å². The molecule has 5 nitrogen and oxygen atoms in total. The van der Waals surface area contributed by atoms with Gasteiger partial charge in [-0.25, -0.2) is 4.98 Å². The number of fused-ring (bicyclic) bond motifs is 1. The van der Waals surface area contributed by atoms with Crippen molar-refractivity contribution in [3.8, 4) is 0 Å². The second-order valence-corrected chi connectivity index (χ2v) is 4.28. The van der Waals surface area contributed by atoms with Gasteiger partial charge >= 0.3 is 0 Å². The molecular formula is C13H21N5. The average Bonchev–Trinajstić information content (AvgIpc) is 2.79. The Morgan fingerprint density at radius 3 is 2.78 bits per heavy atom. The largest absolute Gasteiger partial charge is 0.397 e. The van der Waals surface area contributed by atoms with Crippen LogP contribution in [0.25, 0.3) is 11.0 Å². The SMILES string of the molecule is CCN(CC)CCNc1nc2c(N)cccc2[nH]1. The van der Waals surface area contributed by atoms with E-state index in [-0.39, 0.29) is 0 Å². The lowest BCUT2D eigenvalue weighted by molar-refractivity contribution is 0.316. The number of hydrogen-bond donors (Lipinski definition) is 3. The van der Waals surface area contributed by atoms with Gasteiger partial charge < -0.3 is 20.9 Å². The lowest BCUT2D eigenvalue weighted by Gasteiger charge is -2.17. The molecule has 0 radical (unpaired) electrons. The predicted molar refractivity (Wildman–Crippen MR) is 76.8 cm³/mol. The van der Waals surface area contributed by atoms with Crippen LogP contribution in [0.1, 0.15) is 13.8 Å². The Hall–Kier alpha value is -1.75. The molecule has 0 saturated heterocycles. The molecule has 2 aromatic rings. The number of hydrogen-bond acceptors (Lipinski definition) is 4. The number of H-pyrrole nitrogens is 1. The number of imidazole rings is 1. The Morgan fingerprint density at radius 1 is 1.33 bits per heavy atom. The first kappa shape index (κ1) is 12.7. The number of aromatic nitrogens is 2. The predicted octanol–water partition coefficient (Wildman–Crippen LogP) is 1.90. The van der Waals surface area contributed by atoms with Gasteiger partial charge in [0, 0.05) is 13.1 Å². The molecule has 0 atom stereocenters. The van der Waals surface area contributed by atoms with Crippen LogP contribution < -0.4 is 11.1 Å². The molecule has 0 fully saturated rings. The minimum Gasteiger partial charge on any atom is -0.397 e. The van der Waals surface area contributed by atoms with Crippen LogP contribution >= 0.6 is 0 Å². The normalized spacial score (nSPS) is 11.3. The third-order valence-electron chi connectivity index (χ3n) is 3.16. The standard InChI is InChI=1S/C13H21N5/c1-3-18(4-2)9-8-15-13-16-11-7-5-6-10(14)12(11)17-13/h5-7H,3-4,8-9,14H2,1-2H3,(H2,15,16,17). The molecule has 0 unspecified atom stereocenters. The number of nitrogens with zero attached hydrogens (tertiary/aromatic N) is 2. The number of benzene rings is 1. The first-order chi connectivity index (χ1) is 8.74. The molecule has 1 heterocycles. The Labute approximate surface area is 107 Å². The maximum Gasteiger partial charge on any atom is 0.201 e. The third kappa shape index (κ3) is 2.73. The van der Waals surface area contributed by atoms with Crippen LogP contribution in [0.3, 0.4) is 0 Å². The summed E-state index contributed by atoms with van der Waals surface area (Å²) in [5.74, 6) is 0.787. The molecule has 98 valence electrons. The van der Waals surface area contributed by atoms with Crippen LogP contribution in [0, 0.1) is 0 Å². The number of nitrogens with one attached hydrogen (secondary N) is 2. The van der Waals surface area contributed by atoms with Crippen molar-refractivity contribution in [2.45, 2.75) is 13.8 Å². The molecule has 0 aliphatic rings. The Balaban J connectivity index is 1.98. The molecule has 4 N–H and O–H groups in total. The molecule has 1 aromatic heterocycles. The lowest BCUT2D eigenvalue weighted by Crippen LogP contribution is -2.28. The molecule has 0 aliphatic heterocycles. The van der Waals surface area contributed by atoms with Gasteiger partial charge in [-0.2, -0.15) is 0 Å². The highest BCUT2D eigenvalue weighted by Gasteiger charge is 2.05. The lowest BCUT2D eigenvalue weighted by atomic mass is 10.3. The van der Waals surface area contributed by atoms with E-state index in [0.717, 1.165) is 43.2 Å². The number of aromatic amines is 1. The second-order valence-electron chi connectivity index (χ2n) is 4.28. The summed E-state index contributed by atoms with van der Waals surface area (Å²) < 4.78 is 0. The van der Waals surface area contributed by atoms with Crippen LogP contribution in [0.2, 0.25) is 0 Å². The van der Waals surface area contributed by atoms with Crippen molar-refractivity contribution < 1.29 is 0 Å². The summed E-state index contributed by atoms with van der Waals surface area (Å²) in [5.41, 5.74) is 8.39. The highest BCUT2D eigenvalue weighted by Crippen LogP contribution is 2.19. The van der Waals surface area contributed by atoms with Gasteiger partial charge in [0.25, 0.3) is 0 Å². The molecular weight excluding hydrogens is 226 g/mol. The first-order valence-electron chi connectivity index (χ1n) is 6.45. The van der Waals surface area contributed by atoms with E-state index < -0.39 is 0 Å². The number of para-hydroxylation sites is 1.